The van der Waals surface area contributed by atoms with Crippen LogP contribution >= 0.6 is 0 Å². The number of aliphatic hydroxyl groups is 1. The van der Waals surface area contributed by atoms with Crippen molar-refractivity contribution in [3.8, 4) is 0 Å². The summed E-state index contributed by atoms with van der Waals surface area (Å²) >= 11 is 0. The second-order valence-electron chi connectivity index (χ2n) is 4.18. The van der Waals surface area contributed by atoms with Gasteiger partial charge in [0.15, 0.2) is 0 Å². The molecule has 0 bridgehead atoms. The number of rotatable bonds is 5. The summed E-state index contributed by atoms with van der Waals surface area (Å²) in [7, 11) is 0. The lowest BCUT2D eigenvalue weighted by molar-refractivity contribution is -0.116. The molecule has 0 heterocycles. The lowest BCUT2D eigenvalue weighted by Crippen LogP contribution is -2.26. The zero-order chi connectivity index (χ0) is 12.8. The maximum absolute atomic E-state index is 11.7. The third kappa shape index (κ3) is 4.17. The van der Waals surface area contributed by atoms with E-state index in [1.54, 1.807) is 19.1 Å². The van der Waals surface area contributed by atoms with Crippen LogP contribution in [0.5, 0.6) is 0 Å². The van der Waals surface area contributed by atoms with Crippen LogP contribution in [-0.4, -0.2) is 17.1 Å². The predicted octanol–water partition coefficient (Wildman–Crippen LogP) is 1.81. The van der Waals surface area contributed by atoms with E-state index in [4.69, 9.17) is 5.73 Å². The Labute approximate surface area is 102 Å². The molecule has 1 rings (SSSR count). The Hall–Kier alpha value is -1.39. The van der Waals surface area contributed by atoms with Crippen molar-refractivity contribution in [2.24, 2.45) is 5.73 Å². The summed E-state index contributed by atoms with van der Waals surface area (Å²) in [5.74, 6) is -0.118. The molecule has 17 heavy (non-hydrogen) atoms. The van der Waals surface area contributed by atoms with Gasteiger partial charge in [0.2, 0.25) is 5.91 Å². The number of carbonyl (C=O) groups is 1. The summed E-state index contributed by atoms with van der Waals surface area (Å²) in [6, 6.07) is 7.10. The number of anilines is 1. The number of hydrogen-bond acceptors (Lipinski definition) is 3. The highest BCUT2D eigenvalue weighted by molar-refractivity contribution is 5.91. The van der Waals surface area contributed by atoms with Gasteiger partial charge in [0.1, 0.15) is 0 Å². The number of hydrogen-bond donors (Lipinski definition) is 3. The van der Waals surface area contributed by atoms with Crippen molar-refractivity contribution in [1.29, 1.82) is 0 Å². The molecule has 4 N–H and O–H groups in total. The summed E-state index contributed by atoms with van der Waals surface area (Å²) in [5, 5.41) is 12.3. The van der Waals surface area contributed by atoms with Crippen LogP contribution in [0.2, 0.25) is 0 Å². The first-order valence-corrected chi connectivity index (χ1v) is 5.87. The van der Waals surface area contributed by atoms with Crippen LogP contribution in [-0.2, 0) is 4.79 Å². The third-order valence-corrected chi connectivity index (χ3v) is 2.66. The molecule has 1 amide bonds. The molecule has 4 heteroatoms. The fourth-order valence-corrected chi connectivity index (χ4v) is 1.56. The van der Waals surface area contributed by atoms with E-state index in [0.29, 0.717) is 17.7 Å². The van der Waals surface area contributed by atoms with Crippen molar-refractivity contribution in [3.05, 3.63) is 29.8 Å². The quantitative estimate of drug-likeness (QED) is 0.729. The van der Waals surface area contributed by atoms with Gasteiger partial charge >= 0.3 is 0 Å². The van der Waals surface area contributed by atoms with Gasteiger partial charge in [-0.25, -0.2) is 0 Å². The Bertz CT molecular complexity index is 377. The van der Waals surface area contributed by atoms with E-state index >= 15 is 0 Å². The number of carbonyl (C=O) groups excluding carboxylic acids is 1. The second kappa shape index (κ2) is 6.37. The molecule has 4 nitrogen and oxygen atoms in total. The van der Waals surface area contributed by atoms with Crippen LogP contribution in [0, 0.1) is 0 Å². The molecule has 0 aliphatic rings. The zero-order valence-corrected chi connectivity index (χ0v) is 10.3. The summed E-state index contributed by atoms with van der Waals surface area (Å²) in [6.45, 7) is 3.62. The minimum absolute atomic E-state index is 0.117. The molecule has 0 radical (unpaired) electrons. The van der Waals surface area contributed by atoms with Crippen molar-refractivity contribution in [2.45, 2.75) is 38.8 Å². The molecule has 94 valence electrons. The van der Waals surface area contributed by atoms with Crippen LogP contribution in [0.15, 0.2) is 24.3 Å². The van der Waals surface area contributed by atoms with E-state index in [9.17, 15) is 9.90 Å². The monoisotopic (exact) mass is 236 g/mol. The van der Waals surface area contributed by atoms with Gasteiger partial charge in [-0.05, 0) is 19.4 Å². The van der Waals surface area contributed by atoms with Gasteiger partial charge in [0, 0.05) is 23.7 Å². The topological polar surface area (TPSA) is 75.4 Å². The molecule has 0 saturated heterocycles. The zero-order valence-electron chi connectivity index (χ0n) is 10.3. The summed E-state index contributed by atoms with van der Waals surface area (Å²) in [5.41, 5.74) is 7.08. The van der Waals surface area contributed by atoms with E-state index in [0.717, 1.165) is 6.42 Å². The smallest absolute Gasteiger partial charge is 0.225 e. The lowest BCUT2D eigenvalue weighted by atomic mass is 10.1. The summed E-state index contributed by atoms with van der Waals surface area (Å²) in [6.07, 6.45) is 0.460. The van der Waals surface area contributed by atoms with Crippen molar-refractivity contribution >= 4 is 11.6 Å². The van der Waals surface area contributed by atoms with Crippen molar-refractivity contribution in [1.82, 2.24) is 0 Å². The fraction of sp³-hybridized carbons (Fsp3) is 0.462. The Morgan fingerprint density at radius 1 is 1.47 bits per heavy atom. The SMILES string of the molecule is CCC(N)CC(=O)Nc1ccccc1C(C)O. The molecular weight excluding hydrogens is 216 g/mol. The van der Waals surface area contributed by atoms with E-state index in [1.807, 2.05) is 19.1 Å². The van der Waals surface area contributed by atoms with Gasteiger partial charge in [0.25, 0.3) is 0 Å². The minimum atomic E-state index is -0.605. The van der Waals surface area contributed by atoms with Crippen LogP contribution in [0.25, 0.3) is 0 Å². The maximum Gasteiger partial charge on any atom is 0.225 e. The Kier molecular flexibility index (Phi) is 5.12. The van der Waals surface area contributed by atoms with Crippen LogP contribution in [0.1, 0.15) is 38.4 Å². The molecule has 0 aliphatic heterocycles. The molecule has 0 fully saturated rings. The van der Waals surface area contributed by atoms with Crippen molar-refractivity contribution in [3.63, 3.8) is 0 Å². The average molecular weight is 236 g/mol. The molecule has 1 aromatic carbocycles. The largest absolute Gasteiger partial charge is 0.389 e. The van der Waals surface area contributed by atoms with E-state index < -0.39 is 6.10 Å². The molecule has 0 aromatic heterocycles. The molecule has 0 spiro atoms. The normalized spacial score (nSPS) is 14.1. The highest BCUT2D eigenvalue weighted by Crippen LogP contribution is 2.22. The first-order chi connectivity index (χ1) is 8.04. The highest BCUT2D eigenvalue weighted by Gasteiger charge is 2.11. The van der Waals surface area contributed by atoms with Gasteiger partial charge in [-0.3, -0.25) is 4.79 Å². The molecular formula is C13H20N2O2. The Morgan fingerprint density at radius 2 is 2.12 bits per heavy atom. The molecule has 0 saturated carbocycles. The van der Waals surface area contributed by atoms with Crippen LogP contribution in [0.3, 0.4) is 0 Å². The van der Waals surface area contributed by atoms with Crippen LogP contribution < -0.4 is 11.1 Å². The standard InChI is InChI=1S/C13H20N2O2/c1-3-10(14)8-13(17)15-12-7-5-4-6-11(12)9(2)16/h4-7,9-10,16H,3,8,14H2,1-2H3,(H,15,17). The van der Waals surface area contributed by atoms with E-state index in [1.165, 1.54) is 0 Å². The number of aliphatic hydroxyl groups excluding tert-OH is 1. The average Bonchev–Trinajstić information content (AvgIpc) is 2.29. The fourth-order valence-electron chi connectivity index (χ4n) is 1.56. The first kappa shape index (κ1) is 13.7. The number of amides is 1. The van der Waals surface area contributed by atoms with Gasteiger partial charge in [-0.1, -0.05) is 25.1 Å². The maximum atomic E-state index is 11.7. The van der Waals surface area contributed by atoms with Gasteiger partial charge in [-0.15, -0.1) is 0 Å². The number of nitrogens with two attached hydrogens (primary N) is 1. The summed E-state index contributed by atoms with van der Waals surface area (Å²) < 4.78 is 0. The number of nitrogens with one attached hydrogen (secondary N) is 1. The third-order valence-electron chi connectivity index (χ3n) is 2.66. The first-order valence-electron chi connectivity index (χ1n) is 5.87. The number of benzene rings is 1. The Morgan fingerprint density at radius 3 is 2.71 bits per heavy atom. The number of para-hydroxylation sites is 1. The van der Waals surface area contributed by atoms with Gasteiger partial charge in [0.05, 0.1) is 6.10 Å². The summed E-state index contributed by atoms with van der Waals surface area (Å²) in [4.78, 5) is 11.7. The highest BCUT2D eigenvalue weighted by atomic mass is 16.3. The predicted molar refractivity (Wildman–Crippen MR) is 68.6 cm³/mol. The van der Waals surface area contributed by atoms with Gasteiger partial charge < -0.3 is 16.2 Å². The van der Waals surface area contributed by atoms with Crippen molar-refractivity contribution < 1.29 is 9.90 Å². The van der Waals surface area contributed by atoms with Crippen LogP contribution in [0.4, 0.5) is 5.69 Å². The van der Waals surface area contributed by atoms with Gasteiger partial charge in [-0.2, -0.15) is 0 Å². The molecule has 1 aromatic rings. The Balaban J connectivity index is 2.71. The van der Waals surface area contributed by atoms with E-state index in [2.05, 4.69) is 5.32 Å². The van der Waals surface area contributed by atoms with E-state index in [-0.39, 0.29) is 11.9 Å². The molecule has 2 unspecified atom stereocenters. The molecule has 2 atom stereocenters. The lowest BCUT2D eigenvalue weighted by Gasteiger charge is -2.14. The second-order valence-corrected chi connectivity index (χ2v) is 4.18. The van der Waals surface area contributed by atoms with Crippen molar-refractivity contribution in [2.75, 3.05) is 5.32 Å². The molecule has 0 aliphatic carbocycles. The minimum Gasteiger partial charge on any atom is -0.389 e.